The van der Waals surface area contributed by atoms with Crippen molar-refractivity contribution in [2.24, 2.45) is 0 Å². The highest BCUT2D eigenvalue weighted by atomic mass is 31.2. The molecule has 0 nitrogen and oxygen atoms in total. The Labute approximate surface area is 175 Å². The summed E-state index contributed by atoms with van der Waals surface area (Å²) in [5.74, 6) is 0. The Balaban J connectivity index is 1.75. The van der Waals surface area contributed by atoms with Gasteiger partial charge in [0.15, 0.2) is 0 Å². The second kappa shape index (κ2) is 9.68. The van der Waals surface area contributed by atoms with Crippen LogP contribution in [0.15, 0.2) is 121 Å². The van der Waals surface area contributed by atoms with E-state index in [2.05, 4.69) is 121 Å². The zero-order chi connectivity index (χ0) is 19.8. The molecule has 0 unspecified atom stereocenters. The second-order valence-electron chi connectivity index (χ2n) is 7.92. The molecule has 1 heteroatoms. The summed E-state index contributed by atoms with van der Waals surface area (Å²) in [4.78, 5) is 0. The van der Waals surface area contributed by atoms with Crippen molar-refractivity contribution in [2.75, 3.05) is 0 Å². The van der Waals surface area contributed by atoms with E-state index in [0.717, 1.165) is 0 Å². The maximum absolute atomic E-state index is 2.30. The Morgan fingerprint density at radius 3 is 0.724 bits per heavy atom. The molecule has 0 atom stereocenters. The first kappa shape index (κ1) is 19.6. The first-order valence-electron chi connectivity index (χ1n) is 10.3. The lowest BCUT2D eigenvalue weighted by Gasteiger charge is -2.38. The van der Waals surface area contributed by atoms with Crippen molar-refractivity contribution in [3.63, 3.8) is 0 Å². The highest BCUT2D eigenvalue weighted by molar-refractivity contribution is 7.72. The van der Waals surface area contributed by atoms with Crippen LogP contribution in [0.1, 0.15) is 22.3 Å². The monoisotopic (exact) mass is 395 g/mol. The molecule has 0 amide bonds. The average molecular weight is 396 g/mol. The summed E-state index contributed by atoms with van der Waals surface area (Å²) in [6, 6.07) is 44.3. The molecule has 0 fully saturated rings. The highest BCUT2D eigenvalue weighted by Gasteiger charge is 2.29. The zero-order valence-corrected chi connectivity index (χ0v) is 17.7. The molecule has 0 bridgehead atoms. The van der Waals surface area contributed by atoms with E-state index in [1.165, 1.54) is 46.9 Å². The molecule has 29 heavy (non-hydrogen) atoms. The van der Waals surface area contributed by atoms with Crippen LogP contribution in [0.3, 0.4) is 0 Å². The molecule has 0 aliphatic carbocycles. The first-order valence-corrected chi connectivity index (χ1v) is 12.9. The Hall–Kier alpha value is -2.69. The van der Waals surface area contributed by atoms with Crippen LogP contribution >= 0.6 is 7.26 Å². The van der Waals surface area contributed by atoms with Crippen molar-refractivity contribution in [1.82, 2.24) is 0 Å². The standard InChI is InChI=1S/C28H28P/c1-5-13-25(14-6-1)21-29(22-26-15-7-2-8-16-26,23-27-17-9-3-10-18-27)24-28-19-11-4-12-20-28/h1-20H,21-24H2. The Bertz CT molecular complexity index is 808. The van der Waals surface area contributed by atoms with Crippen LogP contribution < -0.4 is 0 Å². The van der Waals surface area contributed by atoms with Crippen molar-refractivity contribution in [1.29, 1.82) is 0 Å². The van der Waals surface area contributed by atoms with Gasteiger partial charge in [-0.15, -0.1) is 7.26 Å². The summed E-state index contributed by atoms with van der Waals surface area (Å²) < 4.78 is 0. The van der Waals surface area contributed by atoms with Gasteiger partial charge in [-0.2, -0.15) is 0 Å². The average Bonchev–Trinajstić information content (AvgIpc) is 2.76. The third-order valence-electron chi connectivity index (χ3n) is 5.44. The topological polar surface area (TPSA) is 0 Å². The van der Waals surface area contributed by atoms with Gasteiger partial charge in [-0.3, -0.25) is 0 Å². The fraction of sp³-hybridized carbons (Fsp3) is 0.143. The van der Waals surface area contributed by atoms with E-state index in [9.17, 15) is 0 Å². The van der Waals surface area contributed by atoms with Crippen LogP contribution in [0.25, 0.3) is 0 Å². The van der Waals surface area contributed by atoms with Gasteiger partial charge in [-0.1, -0.05) is 121 Å². The summed E-state index contributed by atoms with van der Waals surface area (Å²) in [7, 11) is -1.38. The van der Waals surface area contributed by atoms with Gasteiger partial charge in [0.1, 0.15) is 0 Å². The van der Waals surface area contributed by atoms with Crippen molar-refractivity contribution in [3.05, 3.63) is 144 Å². The molecule has 0 aliphatic rings. The first-order chi connectivity index (χ1) is 14.3. The zero-order valence-electron chi connectivity index (χ0n) is 16.8. The highest BCUT2D eigenvalue weighted by Crippen LogP contribution is 2.68. The van der Waals surface area contributed by atoms with E-state index in [4.69, 9.17) is 0 Å². The fourth-order valence-electron chi connectivity index (χ4n) is 4.22. The van der Waals surface area contributed by atoms with Gasteiger partial charge in [0.2, 0.25) is 0 Å². The van der Waals surface area contributed by atoms with Gasteiger partial charge >= 0.3 is 0 Å². The molecule has 4 aromatic rings. The normalized spacial score (nSPS) is 11.3. The lowest BCUT2D eigenvalue weighted by molar-refractivity contribution is 1.17. The quantitative estimate of drug-likeness (QED) is 0.267. The molecule has 0 saturated carbocycles. The van der Waals surface area contributed by atoms with E-state index in [0.29, 0.717) is 0 Å². The van der Waals surface area contributed by atoms with Gasteiger partial charge in [0.25, 0.3) is 0 Å². The molecule has 145 valence electrons. The van der Waals surface area contributed by atoms with Gasteiger partial charge in [-0.25, -0.2) is 0 Å². The van der Waals surface area contributed by atoms with Crippen molar-refractivity contribution < 1.29 is 0 Å². The predicted octanol–water partition coefficient (Wildman–Crippen LogP) is 7.80. The smallest absolute Gasteiger partial charge is 0.00978 e. The predicted molar refractivity (Wildman–Crippen MR) is 128 cm³/mol. The van der Waals surface area contributed by atoms with Gasteiger partial charge in [-0.05, 0) is 46.9 Å². The second-order valence-corrected chi connectivity index (χ2v) is 11.9. The molecular weight excluding hydrogens is 367 g/mol. The Morgan fingerprint density at radius 2 is 0.517 bits per heavy atom. The Kier molecular flexibility index (Phi) is 6.55. The van der Waals surface area contributed by atoms with Gasteiger partial charge in [0.05, 0.1) is 0 Å². The molecule has 0 saturated heterocycles. The minimum absolute atomic E-state index is 1.17. The van der Waals surface area contributed by atoms with Crippen LogP contribution in [-0.2, 0) is 24.6 Å². The number of benzene rings is 4. The number of rotatable bonds is 8. The van der Waals surface area contributed by atoms with E-state index in [1.807, 2.05) is 0 Å². The van der Waals surface area contributed by atoms with Crippen LogP contribution in [0.5, 0.6) is 0 Å². The fourth-order valence-corrected chi connectivity index (χ4v) is 8.83. The van der Waals surface area contributed by atoms with Crippen LogP contribution in [0, 0.1) is 0 Å². The van der Waals surface area contributed by atoms with E-state index in [1.54, 1.807) is 0 Å². The van der Waals surface area contributed by atoms with Gasteiger partial charge < -0.3 is 0 Å². The van der Waals surface area contributed by atoms with E-state index < -0.39 is 7.26 Å². The lowest BCUT2D eigenvalue weighted by atomic mass is 10.2. The summed E-state index contributed by atoms with van der Waals surface area (Å²) in [6.45, 7) is 0. The van der Waals surface area contributed by atoms with Crippen molar-refractivity contribution in [3.8, 4) is 0 Å². The van der Waals surface area contributed by atoms with Crippen LogP contribution in [0.4, 0.5) is 0 Å². The molecule has 4 aromatic carbocycles. The molecular formula is C28H28P. The van der Waals surface area contributed by atoms with E-state index in [-0.39, 0.29) is 0 Å². The molecule has 0 spiro atoms. The summed E-state index contributed by atoms with van der Waals surface area (Å²) in [5, 5.41) is 0. The third kappa shape index (κ3) is 5.66. The Morgan fingerprint density at radius 1 is 0.310 bits per heavy atom. The largest absolute Gasteiger partial charge is 0.108 e. The van der Waals surface area contributed by atoms with Crippen molar-refractivity contribution in [2.45, 2.75) is 24.6 Å². The molecule has 0 N–H and O–H groups in total. The molecule has 4 rings (SSSR count). The SMILES string of the molecule is c1ccc(C[P](Cc2ccccc2)(Cc2ccccc2)Cc2ccccc2)cc1. The van der Waals surface area contributed by atoms with Crippen LogP contribution in [-0.4, -0.2) is 0 Å². The minimum Gasteiger partial charge on any atom is -0.108 e. The summed E-state index contributed by atoms with van der Waals surface area (Å²) in [6.07, 6.45) is 4.69. The van der Waals surface area contributed by atoms with Gasteiger partial charge in [0, 0.05) is 0 Å². The summed E-state index contributed by atoms with van der Waals surface area (Å²) >= 11 is 0. The molecule has 0 aromatic heterocycles. The lowest BCUT2D eigenvalue weighted by Crippen LogP contribution is -2.08. The molecule has 0 aliphatic heterocycles. The minimum atomic E-state index is -1.38. The van der Waals surface area contributed by atoms with Crippen LogP contribution in [0.2, 0.25) is 0 Å². The van der Waals surface area contributed by atoms with E-state index >= 15 is 0 Å². The molecule has 1 radical (unpaired) electrons. The third-order valence-corrected chi connectivity index (χ3v) is 9.59. The maximum atomic E-state index is 2.30. The van der Waals surface area contributed by atoms with Crippen molar-refractivity contribution >= 4 is 7.26 Å². The number of hydrogen-bond acceptors (Lipinski definition) is 0. The molecule has 0 heterocycles. The number of hydrogen-bond donors (Lipinski definition) is 0. The maximum Gasteiger partial charge on any atom is -0.00978 e. The summed E-state index contributed by atoms with van der Waals surface area (Å²) in [5.41, 5.74) is 5.85.